The van der Waals surface area contributed by atoms with Crippen LogP contribution in [0.5, 0.6) is 17.2 Å². The van der Waals surface area contributed by atoms with Gasteiger partial charge in [0.1, 0.15) is 11.6 Å². The smallest absolute Gasteiger partial charge is 0.232 e. The highest BCUT2D eigenvalue weighted by Crippen LogP contribution is 2.44. The third kappa shape index (κ3) is 2.20. The Morgan fingerprint density at radius 2 is 1.71 bits per heavy atom. The van der Waals surface area contributed by atoms with E-state index in [0.29, 0.717) is 6.07 Å². The van der Waals surface area contributed by atoms with E-state index >= 15 is 0 Å². The van der Waals surface area contributed by atoms with E-state index in [1.807, 2.05) is 0 Å². The highest BCUT2D eigenvalue weighted by Gasteiger charge is 2.31. The summed E-state index contributed by atoms with van der Waals surface area (Å²) in [6.07, 6.45) is 1.16. The maximum Gasteiger partial charge on any atom is 0.232 e. The third-order valence-electron chi connectivity index (χ3n) is 2.97. The lowest BCUT2D eigenvalue weighted by molar-refractivity contribution is 0.101. The molecule has 0 unspecified atom stereocenters. The van der Waals surface area contributed by atoms with Crippen LogP contribution in [0.4, 0.5) is 8.78 Å². The van der Waals surface area contributed by atoms with Gasteiger partial charge in [0.15, 0.2) is 17.3 Å². The van der Waals surface area contributed by atoms with Crippen LogP contribution >= 0.6 is 0 Å². The van der Waals surface area contributed by atoms with Crippen LogP contribution in [0.2, 0.25) is 0 Å². The lowest BCUT2D eigenvalue weighted by Crippen LogP contribution is -1.98. The number of carbonyl (C=O) groups is 1. The van der Waals surface area contributed by atoms with Gasteiger partial charge in [-0.15, -0.1) is 0 Å². The number of Topliss-reactive ketones (excluding diaryl/α,β-unsaturated/α-hetero) is 1. The van der Waals surface area contributed by atoms with Gasteiger partial charge in [-0.05, 0) is 35.9 Å². The summed E-state index contributed by atoms with van der Waals surface area (Å²) in [4.78, 5) is 12.1. The SMILES string of the molecule is O=C1/C(=C/c2cc(F)cc(F)c2)Oc2c1ccc(O)c2O. The quantitative estimate of drug-likeness (QED) is 0.626. The second kappa shape index (κ2) is 4.59. The largest absolute Gasteiger partial charge is 0.504 e. The fraction of sp³-hybridized carbons (Fsp3) is 0. The van der Waals surface area contributed by atoms with E-state index in [2.05, 4.69) is 0 Å². The summed E-state index contributed by atoms with van der Waals surface area (Å²) in [5, 5.41) is 19.0. The van der Waals surface area contributed by atoms with Crippen LogP contribution in [0.25, 0.3) is 6.08 Å². The average Bonchev–Trinajstić information content (AvgIpc) is 2.71. The molecule has 0 aromatic heterocycles. The van der Waals surface area contributed by atoms with E-state index in [1.165, 1.54) is 6.07 Å². The first-order valence-electron chi connectivity index (χ1n) is 5.91. The molecule has 0 spiro atoms. The molecule has 4 nitrogen and oxygen atoms in total. The number of carbonyl (C=O) groups excluding carboxylic acids is 1. The van der Waals surface area contributed by atoms with Gasteiger partial charge in [0, 0.05) is 6.07 Å². The monoisotopic (exact) mass is 290 g/mol. The summed E-state index contributed by atoms with van der Waals surface area (Å²) in [7, 11) is 0. The molecular formula is C15H8F2O4. The van der Waals surface area contributed by atoms with Gasteiger partial charge in [0.25, 0.3) is 0 Å². The molecule has 3 rings (SSSR count). The van der Waals surface area contributed by atoms with Gasteiger partial charge in [-0.3, -0.25) is 4.79 Å². The number of hydrogen-bond donors (Lipinski definition) is 2. The molecule has 0 bridgehead atoms. The fourth-order valence-corrected chi connectivity index (χ4v) is 2.04. The van der Waals surface area contributed by atoms with Crippen molar-refractivity contribution < 1.29 is 28.5 Å². The number of fused-ring (bicyclic) bond motifs is 1. The molecular weight excluding hydrogens is 282 g/mol. The Morgan fingerprint density at radius 1 is 1.05 bits per heavy atom. The summed E-state index contributed by atoms with van der Waals surface area (Å²) < 4.78 is 31.4. The molecule has 2 aromatic rings. The van der Waals surface area contributed by atoms with Crippen LogP contribution < -0.4 is 4.74 Å². The number of ketones is 1. The zero-order valence-corrected chi connectivity index (χ0v) is 10.4. The van der Waals surface area contributed by atoms with Crippen LogP contribution in [-0.2, 0) is 0 Å². The molecule has 0 fully saturated rings. The van der Waals surface area contributed by atoms with Gasteiger partial charge in [-0.25, -0.2) is 8.78 Å². The van der Waals surface area contributed by atoms with Gasteiger partial charge in [-0.2, -0.15) is 0 Å². The molecule has 2 aromatic carbocycles. The first-order valence-corrected chi connectivity index (χ1v) is 5.91. The summed E-state index contributed by atoms with van der Waals surface area (Å²) in [5.41, 5.74) is 0.167. The first kappa shape index (κ1) is 13.1. The molecule has 0 saturated carbocycles. The number of allylic oxidation sites excluding steroid dienone is 1. The van der Waals surface area contributed by atoms with Crippen LogP contribution in [0, 0.1) is 11.6 Å². The standard InChI is InChI=1S/C15H8F2O4/c16-8-3-7(4-9(17)6-8)5-12-13(19)10-1-2-11(18)14(20)15(10)21-12/h1-6,18,20H/b12-5-. The fourth-order valence-electron chi connectivity index (χ4n) is 2.04. The van der Waals surface area contributed by atoms with E-state index in [9.17, 15) is 23.8 Å². The Hall–Kier alpha value is -2.89. The molecule has 2 N–H and O–H groups in total. The topological polar surface area (TPSA) is 66.8 Å². The predicted octanol–water partition coefficient (Wildman–Crippen LogP) is 2.99. The van der Waals surface area contributed by atoms with E-state index in [-0.39, 0.29) is 22.6 Å². The van der Waals surface area contributed by atoms with Gasteiger partial charge < -0.3 is 14.9 Å². The van der Waals surface area contributed by atoms with Crippen molar-refractivity contribution in [1.82, 2.24) is 0 Å². The number of phenols is 2. The number of ether oxygens (including phenoxy) is 1. The zero-order valence-electron chi connectivity index (χ0n) is 10.4. The number of aromatic hydroxyl groups is 2. The molecule has 106 valence electrons. The lowest BCUT2D eigenvalue weighted by Gasteiger charge is -2.02. The molecule has 1 heterocycles. The van der Waals surface area contributed by atoms with Crippen molar-refractivity contribution in [2.24, 2.45) is 0 Å². The molecule has 0 aliphatic carbocycles. The second-order valence-corrected chi connectivity index (χ2v) is 4.45. The van der Waals surface area contributed by atoms with Gasteiger partial charge in [-0.1, -0.05) is 0 Å². The summed E-state index contributed by atoms with van der Waals surface area (Å²) >= 11 is 0. The summed E-state index contributed by atoms with van der Waals surface area (Å²) in [6, 6.07) is 5.22. The molecule has 6 heteroatoms. The van der Waals surface area contributed by atoms with Crippen LogP contribution in [0.15, 0.2) is 36.1 Å². The van der Waals surface area contributed by atoms with Crippen molar-refractivity contribution in [3.8, 4) is 17.2 Å². The first-order chi connectivity index (χ1) is 9.95. The average molecular weight is 290 g/mol. The van der Waals surface area contributed by atoms with Gasteiger partial charge in [0.05, 0.1) is 5.56 Å². The summed E-state index contributed by atoms with van der Waals surface area (Å²) in [5.74, 6) is -3.49. The van der Waals surface area contributed by atoms with E-state index in [1.54, 1.807) is 0 Å². The number of halogens is 2. The molecule has 0 amide bonds. The minimum absolute atomic E-state index is 0.0634. The van der Waals surface area contributed by atoms with Crippen molar-refractivity contribution in [1.29, 1.82) is 0 Å². The molecule has 0 radical (unpaired) electrons. The lowest BCUT2D eigenvalue weighted by atomic mass is 10.1. The Morgan fingerprint density at radius 3 is 2.38 bits per heavy atom. The Balaban J connectivity index is 2.05. The van der Waals surface area contributed by atoms with Gasteiger partial charge in [0.2, 0.25) is 11.5 Å². The van der Waals surface area contributed by atoms with Gasteiger partial charge >= 0.3 is 0 Å². The molecule has 0 atom stereocenters. The Labute approximate surface area is 117 Å². The van der Waals surface area contributed by atoms with Crippen molar-refractivity contribution in [3.05, 3.63) is 58.9 Å². The number of phenolic OH excluding ortho intramolecular Hbond substituents is 2. The maximum absolute atomic E-state index is 13.1. The number of hydrogen-bond acceptors (Lipinski definition) is 4. The van der Waals surface area contributed by atoms with Crippen molar-refractivity contribution in [3.63, 3.8) is 0 Å². The Bertz CT molecular complexity index is 776. The van der Waals surface area contributed by atoms with Crippen molar-refractivity contribution >= 4 is 11.9 Å². The van der Waals surface area contributed by atoms with E-state index < -0.39 is 28.9 Å². The number of benzene rings is 2. The van der Waals surface area contributed by atoms with E-state index in [0.717, 1.165) is 24.3 Å². The predicted molar refractivity (Wildman–Crippen MR) is 69.1 cm³/mol. The third-order valence-corrected chi connectivity index (χ3v) is 2.97. The molecule has 1 aliphatic heterocycles. The normalized spacial score (nSPS) is 15.1. The van der Waals surface area contributed by atoms with Crippen LogP contribution in [0.1, 0.15) is 15.9 Å². The van der Waals surface area contributed by atoms with Crippen molar-refractivity contribution in [2.45, 2.75) is 0 Å². The Kier molecular flexibility index (Phi) is 2.86. The van der Waals surface area contributed by atoms with Crippen LogP contribution in [0.3, 0.4) is 0 Å². The minimum Gasteiger partial charge on any atom is -0.504 e. The highest BCUT2D eigenvalue weighted by molar-refractivity contribution is 6.15. The van der Waals surface area contributed by atoms with Crippen molar-refractivity contribution in [2.75, 3.05) is 0 Å². The molecule has 0 saturated heterocycles. The molecule has 21 heavy (non-hydrogen) atoms. The van der Waals surface area contributed by atoms with E-state index in [4.69, 9.17) is 4.74 Å². The highest BCUT2D eigenvalue weighted by atomic mass is 19.1. The minimum atomic E-state index is -0.787. The second-order valence-electron chi connectivity index (χ2n) is 4.45. The number of rotatable bonds is 1. The molecule has 1 aliphatic rings. The maximum atomic E-state index is 13.1. The van der Waals surface area contributed by atoms with Crippen LogP contribution in [-0.4, -0.2) is 16.0 Å². The zero-order chi connectivity index (χ0) is 15.1. The summed E-state index contributed by atoms with van der Waals surface area (Å²) in [6.45, 7) is 0.